The highest BCUT2D eigenvalue weighted by Crippen LogP contribution is 2.42. The van der Waals surface area contributed by atoms with Gasteiger partial charge < -0.3 is 30.2 Å². The number of carbonyl (C=O) groups excluding carboxylic acids is 4. The molecular formula is C54H58F4N12O6S. The van der Waals surface area contributed by atoms with Gasteiger partial charge in [-0.15, -0.1) is 0 Å². The zero-order valence-electron chi connectivity index (χ0n) is 43.8. The fraction of sp³-hybridized carbons (Fsp3) is 0.333. The lowest BCUT2D eigenvalue weighted by Crippen LogP contribution is -2.46. The Morgan fingerprint density at radius 2 is 1.00 bits per heavy atom. The number of aryl methyl sites for hydroxylation is 2. The second-order valence-corrected chi connectivity index (χ2v) is 20.4. The first-order valence-electron chi connectivity index (χ1n) is 25.0. The van der Waals surface area contributed by atoms with Gasteiger partial charge in [-0.1, -0.05) is 24.3 Å². The molecule has 1 saturated heterocycles. The average molecular weight is 1080 g/mol. The lowest BCUT2D eigenvalue weighted by atomic mass is 9.97. The number of para-hydroxylation sites is 2. The molecule has 0 saturated carbocycles. The van der Waals surface area contributed by atoms with E-state index in [0.717, 1.165) is 60.1 Å². The summed E-state index contributed by atoms with van der Waals surface area (Å²) in [4.78, 5) is 79.5. The maximum absolute atomic E-state index is 15.0. The van der Waals surface area contributed by atoms with E-state index in [9.17, 15) is 36.4 Å². The number of hydrogen-bond donors (Lipinski definition) is 2. The van der Waals surface area contributed by atoms with Crippen LogP contribution >= 0.6 is 0 Å². The molecule has 77 heavy (non-hydrogen) atoms. The number of nitrogens with one attached hydrogen (secondary N) is 2. The number of benzene rings is 4. The normalized spacial score (nSPS) is 14.5. The van der Waals surface area contributed by atoms with Gasteiger partial charge in [-0.2, -0.15) is 9.97 Å². The first-order chi connectivity index (χ1) is 36.7. The number of hydrogen-bond acceptors (Lipinski definition) is 12. The summed E-state index contributed by atoms with van der Waals surface area (Å²) in [7, 11) is -1.98. The molecule has 23 heteroatoms. The van der Waals surface area contributed by atoms with Gasteiger partial charge in [0.15, 0.2) is 11.6 Å². The monoisotopic (exact) mass is 1080 g/mol. The summed E-state index contributed by atoms with van der Waals surface area (Å²) in [6, 6.07) is 15.4. The summed E-state index contributed by atoms with van der Waals surface area (Å²) in [6.45, 7) is 16.2. The molecule has 3 aliphatic rings. The Morgan fingerprint density at radius 1 is 0.597 bits per heavy atom. The van der Waals surface area contributed by atoms with Gasteiger partial charge in [-0.25, -0.2) is 55.3 Å². The van der Waals surface area contributed by atoms with Crippen LogP contribution in [0.3, 0.4) is 0 Å². The van der Waals surface area contributed by atoms with Crippen LogP contribution in [0.15, 0.2) is 78.0 Å². The van der Waals surface area contributed by atoms with Gasteiger partial charge in [0.1, 0.15) is 34.6 Å². The Kier molecular flexibility index (Phi) is 16.2. The van der Waals surface area contributed by atoms with Crippen LogP contribution in [0.25, 0.3) is 22.5 Å². The number of fused-ring (bicyclic) bond motifs is 2. The van der Waals surface area contributed by atoms with Crippen LogP contribution < -0.4 is 25.3 Å². The molecule has 404 valence electrons. The zero-order valence-corrected chi connectivity index (χ0v) is 44.7. The highest BCUT2D eigenvalue weighted by atomic mass is 32.2. The topological polar surface area (TPSA) is 197 Å². The third kappa shape index (κ3) is 11.0. The molecule has 0 spiro atoms. The molecule has 0 unspecified atom stereocenters. The quantitative estimate of drug-likeness (QED) is 0.0880. The zero-order chi connectivity index (χ0) is 55.6. The summed E-state index contributed by atoms with van der Waals surface area (Å²) in [6.07, 6.45) is 0.891. The van der Waals surface area contributed by atoms with Gasteiger partial charge in [0.2, 0.25) is 20.9 Å². The summed E-state index contributed by atoms with van der Waals surface area (Å²) < 4.78 is 84.6. The average Bonchev–Trinajstić information content (AvgIpc) is 3.40. The molecule has 0 radical (unpaired) electrons. The van der Waals surface area contributed by atoms with Crippen LogP contribution in [0, 0.1) is 37.1 Å². The van der Waals surface area contributed by atoms with Crippen LogP contribution in [-0.2, 0) is 22.9 Å². The van der Waals surface area contributed by atoms with Crippen molar-refractivity contribution in [1.82, 2.24) is 45.3 Å². The van der Waals surface area contributed by atoms with Crippen molar-refractivity contribution in [2.45, 2.75) is 59.8 Å². The number of urea groups is 2. The number of piperazine rings is 1. The van der Waals surface area contributed by atoms with Gasteiger partial charge >= 0.3 is 12.1 Å². The molecule has 3 aliphatic heterocycles. The third-order valence-electron chi connectivity index (χ3n) is 13.6. The highest BCUT2D eigenvalue weighted by Gasteiger charge is 2.37. The van der Waals surface area contributed by atoms with E-state index in [0.29, 0.717) is 89.2 Å². The first kappa shape index (κ1) is 55.2. The van der Waals surface area contributed by atoms with Gasteiger partial charge in [-0.3, -0.25) is 9.59 Å². The maximum atomic E-state index is 15.0. The maximum Gasteiger partial charge on any atom is 0.328 e. The number of halogens is 4. The van der Waals surface area contributed by atoms with Crippen LogP contribution in [0.2, 0.25) is 0 Å². The molecule has 18 nitrogen and oxygen atoms in total. The van der Waals surface area contributed by atoms with Crippen molar-refractivity contribution >= 4 is 62.7 Å². The molecule has 0 bridgehead atoms. The van der Waals surface area contributed by atoms with E-state index in [1.807, 2.05) is 52.6 Å². The van der Waals surface area contributed by atoms with E-state index in [1.165, 1.54) is 6.07 Å². The van der Waals surface area contributed by atoms with Crippen LogP contribution in [-0.4, -0.2) is 133 Å². The van der Waals surface area contributed by atoms with E-state index in [2.05, 4.69) is 25.5 Å². The lowest BCUT2D eigenvalue weighted by Gasteiger charge is -2.35. The molecule has 2 aromatic heterocycles. The van der Waals surface area contributed by atoms with Crippen LogP contribution in [0.1, 0.15) is 70.7 Å². The summed E-state index contributed by atoms with van der Waals surface area (Å²) >= 11 is 0. The van der Waals surface area contributed by atoms with E-state index < -0.39 is 61.7 Å². The largest absolute Gasteiger partial charge is 0.339 e. The third-order valence-corrected chi connectivity index (χ3v) is 14.5. The number of amides is 6. The lowest BCUT2D eigenvalue weighted by molar-refractivity contribution is 0.0765. The number of rotatable bonds is 12. The van der Waals surface area contributed by atoms with Gasteiger partial charge in [0.05, 0.1) is 24.5 Å². The van der Waals surface area contributed by atoms with E-state index >= 15 is 8.78 Å². The summed E-state index contributed by atoms with van der Waals surface area (Å²) in [5, 5.41) is 4.65. The van der Waals surface area contributed by atoms with Crippen LogP contribution in [0.5, 0.6) is 0 Å². The molecule has 0 atom stereocenters. The minimum Gasteiger partial charge on any atom is -0.339 e. The number of aromatic nitrogens is 4. The standard InChI is InChI=1S/C29H33F2N7O2.C25H25F2N5O4S/c1-5-36(6-2)27(39)19-11-10-18(3)20(16-19)24-21-17-32-29(40)38(25-22(30)8-7-9-23(25)31)26(21)34-28(33-24)37-14-12-35(4)13-15-37;1-5-31(6-2)23(33)15-11-10-14(3)16(12-15)20-17-13-28-25(34)32(21-18(26)8-7-9-19(21)27)22(17)30-24(29-20)37(4,35)36/h7-11,16H,5-6,12-15,17H2,1-4H3,(H,32,40);7-12H,5-6,13H2,1-4H3,(H,28,34). The molecule has 6 aromatic rings. The van der Waals surface area contributed by atoms with E-state index in [-0.39, 0.29) is 47.8 Å². The van der Waals surface area contributed by atoms with Crippen molar-refractivity contribution in [1.29, 1.82) is 0 Å². The molecule has 0 aliphatic carbocycles. The predicted octanol–water partition coefficient (Wildman–Crippen LogP) is 8.30. The van der Waals surface area contributed by atoms with Crippen LogP contribution in [0.4, 0.5) is 56.1 Å². The van der Waals surface area contributed by atoms with Crippen molar-refractivity contribution < 1.29 is 45.2 Å². The van der Waals surface area contributed by atoms with E-state index in [4.69, 9.17) is 9.97 Å². The number of anilines is 5. The molecule has 2 N–H and O–H groups in total. The Labute approximate surface area is 443 Å². The molecule has 6 amide bonds. The minimum atomic E-state index is -4.01. The number of likely N-dealkylation sites (N-methyl/N-ethyl adjacent to an activating group) is 1. The Bertz CT molecular complexity index is 3380. The fourth-order valence-electron chi connectivity index (χ4n) is 9.27. The first-order valence-corrected chi connectivity index (χ1v) is 26.9. The Morgan fingerprint density at radius 3 is 1.40 bits per heavy atom. The highest BCUT2D eigenvalue weighted by molar-refractivity contribution is 7.90. The second kappa shape index (κ2) is 22.7. The Hall–Kier alpha value is -8.05. The van der Waals surface area contributed by atoms with Crippen molar-refractivity contribution in [2.75, 3.05) is 80.4 Å². The number of nitrogens with zero attached hydrogens (tertiary/aromatic N) is 10. The molecule has 5 heterocycles. The molecular weight excluding hydrogens is 1020 g/mol. The van der Waals surface area contributed by atoms with Crippen molar-refractivity contribution in [2.24, 2.45) is 0 Å². The summed E-state index contributed by atoms with van der Waals surface area (Å²) in [5.41, 5.74) is 3.68. The summed E-state index contributed by atoms with van der Waals surface area (Å²) in [5.74, 6) is -3.95. The smallest absolute Gasteiger partial charge is 0.328 e. The molecule has 1 fully saturated rings. The van der Waals surface area contributed by atoms with E-state index in [1.54, 1.807) is 47.1 Å². The number of sulfone groups is 1. The number of carbonyl (C=O) groups is 4. The van der Waals surface area contributed by atoms with Gasteiger partial charge in [-0.05, 0) is 108 Å². The van der Waals surface area contributed by atoms with Crippen molar-refractivity contribution in [3.63, 3.8) is 0 Å². The molecule has 4 aromatic carbocycles. The van der Waals surface area contributed by atoms with Crippen molar-refractivity contribution in [3.05, 3.63) is 129 Å². The SMILES string of the molecule is CCN(CC)C(=O)c1ccc(C)c(-c2nc(N3CCN(C)CC3)nc3c2CNC(=O)N3c2c(F)cccc2F)c1.CCN(CC)C(=O)c1ccc(C)c(-c2nc(S(C)(=O)=O)nc3c2CNC(=O)N3c2c(F)cccc2F)c1. The minimum absolute atomic E-state index is 0.0623. The Balaban J connectivity index is 0.000000204. The van der Waals surface area contributed by atoms with Crippen molar-refractivity contribution in [3.8, 4) is 22.5 Å². The van der Waals surface area contributed by atoms with Gasteiger partial charge in [0, 0.05) is 92.0 Å². The molecule has 9 rings (SSSR count). The fourth-order valence-corrected chi connectivity index (χ4v) is 9.78. The predicted molar refractivity (Wildman–Crippen MR) is 283 cm³/mol. The van der Waals surface area contributed by atoms with Gasteiger partial charge in [0.25, 0.3) is 11.8 Å². The second-order valence-electron chi connectivity index (χ2n) is 18.5.